The van der Waals surface area contributed by atoms with Crippen molar-refractivity contribution in [1.82, 2.24) is 0 Å². The number of aliphatic hydroxyl groups excluding tert-OH is 2. The molecule has 0 radical (unpaired) electrons. The van der Waals surface area contributed by atoms with E-state index < -0.39 is 91.5 Å². The Morgan fingerprint density at radius 2 is 0.581 bits per heavy atom. The van der Waals surface area contributed by atoms with Gasteiger partial charge in [0.05, 0.1) is 26.4 Å². The van der Waals surface area contributed by atoms with Crippen molar-refractivity contribution < 1.29 is 75.8 Å². The van der Waals surface area contributed by atoms with Crippen molar-refractivity contribution in [3.8, 4) is 0 Å². The van der Waals surface area contributed by atoms with Crippen molar-refractivity contribution in [2.45, 2.75) is 270 Å². The van der Waals surface area contributed by atoms with Crippen molar-refractivity contribution in [3.05, 3.63) is 146 Å². The largest absolute Gasteiger partial charge is 0.472 e. The van der Waals surface area contributed by atoms with Crippen LogP contribution in [0, 0.1) is 0 Å². The molecule has 0 saturated carbocycles. The average molecular weight is 1340 g/mol. The number of esters is 3. The highest BCUT2D eigenvalue weighted by molar-refractivity contribution is 7.47. The number of unbranched alkanes of at least 4 members (excludes halogenated alkanes) is 18. The fourth-order valence-electron chi connectivity index (χ4n) is 8.71. The second kappa shape index (κ2) is 67.4. The third-order valence-electron chi connectivity index (χ3n) is 14.0. The van der Waals surface area contributed by atoms with Gasteiger partial charge in [-0.25, -0.2) is 9.13 Å². The maximum Gasteiger partial charge on any atom is 0.472 e. The third kappa shape index (κ3) is 68.6. The fourth-order valence-corrected chi connectivity index (χ4v) is 10.3. The summed E-state index contributed by atoms with van der Waals surface area (Å²) in [5, 5.41) is 20.6. The molecule has 530 valence electrons. The van der Waals surface area contributed by atoms with Crippen molar-refractivity contribution in [2.24, 2.45) is 0 Å². The molecule has 0 bridgehead atoms. The Balaban J connectivity index is 4.50. The Hall–Kier alpha value is -4.57. The summed E-state index contributed by atoms with van der Waals surface area (Å²) in [4.78, 5) is 58.3. The molecule has 0 aromatic rings. The fraction of sp³-hybridized carbons (Fsp3) is 0.640. The number of ether oxygens (including phenoxy) is 3. The zero-order chi connectivity index (χ0) is 68.1. The van der Waals surface area contributed by atoms with Crippen molar-refractivity contribution >= 4 is 33.6 Å². The quantitative estimate of drug-likeness (QED) is 0.0146. The Morgan fingerprint density at radius 3 is 0.957 bits per heavy atom. The Bertz CT molecular complexity index is 2280. The summed E-state index contributed by atoms with van der Waals surface area (Å²) in [6, 6.07) is 0. The molecule has 0 spiro atoms. The zero-order valence-electron chi connectivity index (χ0n) is 57.4. The van der Waals surface area contributed by atoms with Gasteiger partial charge in [0.25, 0.3) is 0 Å². The van der Waals surface area contributed by atoms with Crippen molar-refractivity contribution in [3.63, 3.8) is 0 Å². The minimum absolute atomic E-state index is 0.0781. The molecule has 0 heterocycles. The van der Waals surface area contributed by atoms with Crippen LogP contribution in [0.4, 0.5) is 0 Å². The van der Waals surface area contributed by atoms with Gasteiger partial charge in [-0.3, -0.25) is 32.5 Å². The van der Waals surface area contributed by atoms with Crippen LogP contribution in [-0.2, 0) is 55.8 Å². The number of carbonyl (C=O) groups excluding carboxylic acids is 3. The smallest absolute Gasteiger partial charge is 0.463 e. The highest BCUT2D eigenvalue weighted by Gasteiger charge is 2.29. The first-order valence-electron chi connectivity index (χ1n) is 35.1. The van der Waals surface area contributed by atoms with Gasteiger partial charge in [0.2, 0.25) is 0 Å². The van der Waals surface area contributed by atoms with E-state index in [-0.39, 0.29) is 19.3 Å². The van der Waals surface area contributed by atoms with Crippen LogP contribution in [0.2, 0.25) is 0 Å². The van der Waals surface area contributed by atoms with Gasteiger partial charge < -0.3 is 34.2 Å². The van der Waals surface area contributed by atoms with Crippen LogP contribution in [0.3, 0.4) is 0 Å². The van der Waals surface area contributed by atoms with Gasteiger partial charge in [-0.1, -0.05) is 250 Å². The molecule has 5 atom stereocenters. The van der Waals surface area contributed by atoms with Gasteiger partial charge in [0.1, 0.15) is 25.4 Å². The number of phosphoric ester groups is 2. The summed E-state index contributed by atoms with van der Waals surface area (Å²) in [7, 11) is -9.80. The third-order valence-corrected chi connectivity index (χ3v) is 15.9. The number of carbonyl (C=O) groups is 3. The number of hydrogen-bond acceptors (Lipinski definition) is 14. The van der Waals surface area contributed by atoms with Crippen LogP contribution in [0.1, 0.15) is 252 Å². The van der Waals surface area contributed by atoms with E-state index in [1.807, 2.05) is 12.2 Å². The molecule has 0 rings (SSSR count). The molecule has 5 unspecified atom stereocenters. The van der Waals surface area contributed by atoms with Crippen LogP contribution in [0.25, 0.3) is 0 Å². The first-order chi connectivity index (χ1) is 45.2. The summed E-state index contributed by atoms with van der Waals surface area (Å²) >= 11 is 0. The van der Waals surface area contributed by atoms with Gasteiger partial charge in [-0.05, 0) is 128 Å². The number of rotatable bonds is 65. The van der Waals surface area contributed by atoms with Gasteiger partial charge in [0, 0.05) is 19.3 Å². The van der Waals surface area contributed by atoms with E-state index in [2.05, 4.69) is 154 Å². The zero-order valence-corrected chi connectivity index (χ0v) is 59.2. The lowest BCUT2D eigenvalue weighted by atomic mass is 10.1. The lowest BCUT2D eigenvalue weighted by Gasteiger charge is -2.21. The number of phosphoric acid groups is 2. The Morgan fingerprint density at radius 1 is 0.312 bits per heavy atom. The van der Waals surface area contributed by atoms with E-state index in [0.29, 0.717) is 25.7 Å². The molecular formula is C75H124O16P2. The normalized spacial score (nSPS) is 15.0. The van der Waals surface area contributed by atoms with E-state index in [1.165, 1.54) is 44.9 Å². The SMILES string of the molecule is CC/C=C\C/C=C\C/C=C\C/C=C\C/C=C\C/C=C\CCCCCCCCCCCCC(=O)OCC(O)COP(=O)(O)OCC(O)COP(=O)(O)OCC(COC(=O)CCC/C=C\C/C=C\C/C=C\C/C=C\C/C=C\CC)OC(=O)CCCCCCC/C=C\CCCC. The van der Waals surface area contributed by atoms with Crippen LogP contribution < -0.4 is 0 Å². The number of allylic oxidation sites excluding steroid dienone is 24. The molecule has 0 aliphatic rings. The summed E-state index contributed by atoms with van der Waals surface area (Å²) in [6.07, 6.45) is 80.7. The average Bonchev–Trinajstić information content (AvgIpc) is 2.42. The van der Waals surface area contributed by atoms with Crippen molar-refractivity contribution in [2.75, 3.05) is 39.6 Å². The topological polar surface area (TPSA) is 231 Å². The standard InChI is InChI=1S/C75H124O16P2/c1-4-7-10-13-16-19-22-24-26-28-29-30-31-32-33-34-35-36-37-38-39-41-43-44-47-49-52-55-58-61-73(78)85-64-70(76)65-87-92(81,82)88-66-71(77)67-89-93(83,84)90-69-72(91-75(80)63-60-57-54-51-46-21-18-15-12-9-6-3)68-86-74(79)62-59-56-53-50-48-45-42-40-27-25-23-20-17-14-11-8-5-2/h7-8,10-11,15-20,24-27,29-30,32-33,35-36,42,45,50,53,70-72,76-77H,4-6,9,12-14,21-23,28,31,34,37-41,43-44,46-49,51-52,54-69H2,1-3H3,(H,81,82)(H,83,84)/b10-7-,11-8-,18-15-,19-16-,20-17-,26-24-,27-25-,30-29-,33-32-,36-35-,45-42-,53-50-. The predicted octanol–water partition coefficient (Wildman–Crippen LogP) is 19.8. The minimum Gasteiger partial charge on any atom is -0.463 e. The molecule has 4 N–H and O–H groups in total. The molecule has 0 aromatic heterocycles. The lowest BCUT2D eigenvalue weighted by molar-refractivity contribution is -0.161. The van der Waals surface area contributed by atoms with Crippen LogP contribution >= 0.6 is 15.6 Å². The van der Waals surface area contributed by atoms with E-state index in [9.17, 15) is 43.5 Å². The summed E-state index contributed by atoms with van der Waals surface area (Å²) in [5.41, 5.74) is 0. The second-order valence-electron chi connectivity index (χ2n) is 22.9. The van der Waals surface area contributed by atoms with Gasteiger partial charge in [0.15, 0.2) is 6.10 Å². The Labute approximate surface area is 562 Å². The summed E-state index contributed by atoms with van der Waals surface area (Å²) in [5.74, 6) is -1.67. The van der Waals surface area contributed by atoms with Crippen LogP contribution in [0.15, 0.2) is 146 Å². The molecule has 0 saturated heterocycles. The van der Waals surface area contributed by atoms with Gasteiger partial charge in [-0.2, -0.15) is 0 Å². The molecule has 93 heavy (non-hydrogen) atoms. The van der Waals surface area contributed by atoms with Crippen LogP contribution in [-0.4, -0.2) is 95.9 Å². The Kier molecular flexibility index (Phi) is 64.1. The molecule has 0 amide bonds. The van der Waals surface area contributed by atoms with E-state index in [4.69, 9.17) is 32.3 Å². The number of aliphatic hydroxyl groups is 2. The maximum atomic E-state index is 12.9. The van der Waals surface area contributed by atoms with Gasteiger partial charge >= 0.3 is 33.6 Å². The molecular weight excluding hydrogens is 1220 g/mol. The maximum absolute atomic E-state index is 12.9. The van der Waals surface area contributed by atoms with E-state index in [0.717, 1.165) is 141 Å². The van der Waals surface area contributed by atoms with Gasteiger partial charge in [-0.15, -0.1) is 0 Å². The highest BCUT2D eigenvalue weighted by atomic mass is 31.2. The first kappa shape index (κ1) is 88.4. The van der Waals surface area contributed by atoms with Crippen LogP contribution in [0.5, 0.6) is 0 Å². The van der Waals surface area contributed by atoms with Crippen molar-refractivity contribution in [1.29, 1.82) is 0 Å². The second-order valence-corrected chi connectivity index (χ2v) is 25.8. The molecule has 18 heteroatoms. The predicted molar refractivity (Wildman–Crippen MR) is 380 cm³/mol. The highest BCUT2D eigenvalue weighted by Crippen LogP contribution is 2.45. The minimum atomic E-state index is -4.94. The lowest BCUT2D eigenvalue weighted by Crippen LogP contribution is -2.30. The summed E-state index contributed by atoms with van der Waals surface area (Å²) in [6.45, 7) is 2.29. The molecule has 0 aliphatic carbocycles. The monoisotopic (exact) mass is 1340 g/mol. The first-order valence-corrected chi connectivity index (χ1v) is 38.1. The number of hydrogen-bond donors (Lipinski definition) is 4. The molecule has 0 aliphatic heterocycles. The molecule has 16 nitrogen and oxygen atoms in total. The molecule has 0 fully saturated rings. The summed E-state index contributed by atoms with van der Waals surface area (Å²) < 4.78 is 60.7. The van der Waals surface area contributed by atoms with E-state index in [1.54, 1.807) is 0 Å². The molecule has 0 aromatic carbocycles. The van der Waals surface area contributed by atoms with E-state index >= 15 is 0 Å².